The van der Waals surface area contributed by atoms with Gasteiger partial charge in [0, 0.05) is 11.3 Å². The van der Waals surface area contributed by atoms with Crippen LogP contribution in [0.3, 0.4) is 0 Å². The average Bonchev–Trinajstić information content (AvgIpc) is 2.69. The molecule has 3 N–H and O–H groups in total. The van der Waals surface area contributed by atoms with Gasteiger partial charge < -0.3 is 15.2 Å². The average molecular weight is 363 g/mol. The summed E-state index contributed by atoms with van der Waals surface area (Å²) in [6.07, 6.45) is 1.37. The van der Waals surface area contributed by atoms with Crippen molar-refractivity contribution in [3.63, 3.8) is 0 Å². The number of nitrogens with zero attached hydrogens (tertiary/aromatic N) is 1. The van der Waals surface area contributed by atoms with Crippen molar-refractivity contribution in [1.82, 2.24) is 5.43 Å². The van der Waals surface area contributed by atoms with Gasteiger partial charge >= 0.3 is 0 Å². The van der Waals surface area contributed by atoms with Crippen molar-refractivity contribution in [2.24, 2.45) is 5.10 Å². The van der Waals surface area contributed by atoms with E-state index in [4.69, 9.17) is 4.74 Å². The highest BCUT2D eigenvalue weighted by Crippen LogP contribution is 2.21. The van der Waals surface area contributed by atoms with Gasteiger partial charge in [-0.2, -0.15) is 5.10 Å². The highest BCUT2D eigenvalue weighted by Gasteiger charge is 2.12. The third kappa shape index (κ3) is 4.55. The molecule has 0 bridgehead atoms. The molecule has 0 radical (unpaired) electrons. The monoisotopic (exact) mass is 363 g/mol. The summed E-state index contributed by atoms with van der Waals surface area (Å²) in [7, 11) is 1.54. The summed E-state index contributed by atoms with van der Waals surface area (Å²) < 4.78 is 5.10. The van der Waals surface area contributed by atoms with Crippen molar-refractivity contribution in [3.05, 3.63) is 66.2 Å². The van der Waals surface area contributed by atoms with E-state index >= 15 is 0 Å². The normalized spacial score (nSPS) is 12.1. The lowest BCUT2D eigenvalue weighted by Crippen LogP contribution is -2.34. The van der Waals surface area contributed by atoms with Gasteiger partial charge in [-0.15, -0.1) is 0 Å². The Labute approximate surface area is 157 Å². The number of hydrazone groups is 1. The Morgan fingerprint density at radius 1 is 1.11 bits per heavy atom. The predicted octanol–water partition coefficient (Wildman–Crippen LogP) is 3.50. The third-order valence-electron chi connectivity index (χ3n) is 4.14. The standard InChI is InChI=1S/C21H21N3O3/c1-14(23-18-8-7-15-5-3-4-6-16(15)11-18)21(26)24-22-13-17-12-19(27-2)9-10-20(17)25/h3-14,23,25H,1-2H3,(H,24,26)/b22-13-/t14-/m0/s1. The Morgan fingerprint density at radius 2 is 1.89 bits per heavy atom. The number of amides is 1. The number of hydrogen-bond donors (Lipinski definition) is 3. The van der Waals surface area contributed by atoms with Crippen LogP contribution in [0, 0.1) is 0 Å². The van der Waals surface area contributed by atoms with E-state index in [2.05, 4.69) is 15.8 Å². The fourth-order valence-corrected chi connectivity index (χ4v) is 2.62. The number of benzene rings is 3. The van der Waals surface area contributed by atoms with E-state index in [1.807, 2.05) is 42.5 Å². The van der Waals surface area contributed by atoms with Gasteiger partial charge in [-0.3, -0.25) is 4.79 Å². The maximum Gasteiger partial charge on any atom is 0.262 e. The number of phenols is 1. The molecule has 3 rings (SSSR count). The van der Waals surface area contributed by atoms with Gasteiger partial charge in [0.1, 0.15) is 17.5 Å². The van der Waals surface area contributed by atoms with Crippen LogP contribution in [0.25, 0.3) is 10.8 Å². The van der Waals surface area contributed by atoms with E-state index in [-0.39, 0.29) is 11.7 Å². The van der Waals surface area contributed by atoms with Crippen LogP contribution in [-0.2, 0) is 4.79 Å². The first kappa shape index (κ1) is 18.3. The van der Waals surface area contributed by atoms with Crippen LogP contribution < -0.4 is 15.5 Å². The molecule has 3 aromatic carbocycles. The van der Waals surface area contributed by atoms with Gasteiger partial charge in [-0.05, 0) is 48.0 Å². The third-order valence-corrected chi connectivity index (χ3v) is 4.14. The number of anilines is 1. The lowest BCUT2D eigenvalue weighted by Gasteiger charge is -2.14. The molecule has 1 atom stereocenters. The summed E-state index contributed by atoms with van der Waals surface area (Å²) >= 11 is 0. The molecule has 0 fully saturated rings. The lowest BCUT2D eigenvalue weighted by atomic mass is 10.1. The smallest absolute Gasteiger partial charge is 0.262 e. The van der Waals surface area contributed by atoms with Crippen LogP contribution in [0.5, 0.6) is 11.5 Å². The topological polar surface area (TPSA) is 83.0 Å². The largest absolute Gasteiger partial charge is 0.507 e. The Morgan fingerprint density at radius 3 is 2.67 bits per heavy atom. The molecule has 0 saturated carbocycles. The molecule has 0 aliphatic heterocycles. The van der Waals surface area contributed by atoms with E-state index in [9.17, 15) is 9.90 Å². The lowest BCUT2D eigenvalue weighted by molar-refractivity contribution is -0.121. The maximum absolute atomic E-state index is 12.2. The highest BCUT2D eigenvalue weighted by atomic mass is 16.5. The minimum absolute atomic E-state index is 0.0520. The van der Waals surface area contributed by atoms with Gasteiger partial charge in [0.05, 0.1) is 13.3 Å². The zero-order chi connectivity index (χ0) is 19.2. The molecule has 0 aliphatic carbocycles. The Hall–Kier alpha value is -3.54. The number of rotatable bonds is 6. The number of phenolic OH excluding ortho intramolecular Hbond substituents is 1. The van der Waals surface area contributed by atoms with E-state index in [1.165, 1.54) is 19.4 Å². The number of methoxy groups -OCH3 is 1. The van der Waals surface area contributed by atoms with Gasteiger partial charge in [0.25, 0.3) is 5.91 Å². The Balaban J connectivity index is 1.61. The van der Waals surface area contributed by atoms with E-state index in [1.54, 1.807) is 19.1 Å². The molecule has 138 valence electrons. The highest BCUT2D eigenvalue weighted by molar-refractivity contribution is 5.89. The quantitative estimate of drug-likeness (QED) is 0.462. The van der Waals surface area contributed by atoms with Crippen molar-refractivity contribution in [2.45, 2.75) is 13.0 Å². The van der Waals surface area contributed by atoms with Crippen molar-refractivity contribution in [1.29, 1.82) is 0 Å². The molecule has 0 aromatic heterocycles. The molecule has 0 saturated heterocycles. The molecule has 3 aromatic rings. The second-order valence-electron chi connectivity index (χ2n) is 6.09. The molecule has 1 amide bonds. The van der Waals surface area contributed by atoms with E-state index in [0.29, 0.717) is 11.3 Å². The first-order valence-corrected chi connectivity index (χ1v) is 8.52. The number of ether oxygens (including phenoxy) is 1. The first-order chi connectivity index (χ1) is 13.1. The van der Waals surface area contributed by atoms with Crippen LogP contribution in [-0.4, -0.2) is 30.4 Å². The number of aromatic hydroxyl groups is 1. The van der Waals surface area contributed by atoms with Crippen LogP contribution in [0.1, 0.15) is 12.5 Å². The molecule has 6 heteroatoms. The molecule has 27 heavy (non-hydrogen) atoms. The molecule has 0 unspecified atom stereocenters. The zero-order valence-corrected chi connectivity index (χ0v) is 15.1. The Kier molecular flexibility index (Phi) is 5.56. The second kappa shape index (κ2) is 8.23. The van der Waals surface area contributed by atoms with Gasteiger partial charge in [-0.25, -0.2) is 5.43 Å². The SMILES string of the molecule is COc1ccc(O)c(/C=N\NC(=O)[C@H](C)Nc2ccc3ccccc3c2)c1. The minimum Gasteiger partial charge on any atom is -0.507 e. The van der Waals surface area contributed by atoms with E-state index in [0.717, 1.165) is 16.5 Å². The summed E-state index contributed by atoms with van der Waals surface area (Å²) in [5, 5.41) is 19.1. The molecule has 0 aliphatic rings. The predicted molar refractivity (Wildman–Crippen MR) is 107 cm³/mol. The van der Waals surface area contributed by atoms with Crippen molar-refractivity contribution in [3.8, 4) is 11.5 Å². The van der Waals surface area contributed by atoms with Crippen LogP contribution in [0.4, 0.5) is 5.69 Å². The first-order valence-electron chi connectivity index (χ1n) is 8.52. The Bertz CT molecular complexity index is 985. The summed E-state index contributed by atoms with van der Waals surface area (Å²) in [5.41, 5.74) is 3.77. The number of carbonyl (C=O) groups is 1. The minimum atomic E-state index is -0.484. The summed E-state index contributed by atoms with van der Waals surface area (Å²) in [4.78, 5) is 12.2. The maximum atomic E-state index is 12.2. The number of nitrogens with one attached hydrogen (secondary N) is 2. The van der Waals surface area contributed by atoms with Crippen LogP contribution in [0.15, 0.2) is 65.8 Å². The molecular formula is C21H21N3O3. The fraction of sp³-hybridized carbons (Fsp3) is 0.143. The summed E-state index contributed by atoms with van der Waals surface area (Å²) in [6.45, 7) is 1.75. The van der Waals surface area contributed by atoms with Crippen molar-refractivity contribution in [2.75, 3.05) is 12.4 Å². The molecule has 0 heterocycles. The van der Waals surface area contributed by atoms with Gasteiger partial charge in [0.2, 0.25) is 0 Å². The van der Waals surface area contributed by atoms with Crippen LogP contribution in [0.2, 0.25) is 0 Å². The second-order valence-corrected chi connectivity index (χ2v) is 6.09. The molecule has 0 spiro atoms. The number of hydrogen-bond acceptors (Lipinski definition) is 5. The van der Waals surface area contributed by atoms with Crippen molar-refractivity contribution < 1.29 is 14.6 Å². The van der Waals surface area contributed by atoms with Crippen LogP contribution >= 0.6 is 0 Å². The fourth-order valence-electron chi connectivity index (χ4n) is 2.62. The summed E-state index contributed by atoms with van der Waals surface area (Å²) in [5.74, 6) is 0.352. The number of carbonyl (C=O) groups excluding carboxylic acids is 1. The molecule has 6 nitrogen and oxygen atoms in total. The van der Waals surface area contributed by atoms with Crippen molar-refractivity contribution >= 4 is 28.6 Å². The number of fused-ring (bicyclic) bond motifs is 1. The van der Waals surface area contributed by atoms with Gasteiger partial charge in [0.15, 0.2) is 0 Å². The van der Waals surface area contributed by atoms with Gasteiger partial charge in [-0.1, -0.05) is 30.3 Å². The zero-order valence-electron chi connectivity index (χ0n) is 15.1. The summed E-state index contributed by atoms with van der Waals surface area (Å²) in [6, 6.07) is 18.3. The van der Waals surface area contributed by atoms with E-state index < -0.39 is 6.04 Å². The molecular weight excluding hydrogens is 342 g/mol.